The average molecular weight is 372 g/mol. The molecule has 2 aromatic carbocycles. The summed E-state index contributed by atoms with van der Waals surface area (Å²) in [6.07, 6.45) is 3.20. The molecule has 0 aromatic heterocycles. The van der Waals surface area contributed by atoms with Crippen molar-refractivity contribution in [2.75, 3.05) is 6.54 Å². The molecule has 1 heterocycles. The number of hydrogen-bond acceptors (Lipinski definition) is 3. The minimum absolute atomic E-state index is 0.00761. The zero-order chi connectivity index (χ0) is 18.7. The lowest BCUT2D eigenvalue weighted by atomic mass is 10.0. The maximum absolute atomic E-state index is 12.8. The topological polar surface area (TPSA) is 54.5 Å². The fourth-order valence-corrected chi connectivity index (χ4v) is 4.74. The third kappa shape index (κ3) is 4.15. The van der Waals surface area contributed by atoms with Gasteiger partial charge in [-0.3, -0.25) is 4.79 Å². The van der Waals surface area contributed by atoms with E-state index in [1.807, 2.05) is 11.8 Å². The molecule has 1 unspecified atom stereocenters. The van der Waals surface area contributed by atoms with Crippen molar-refractivity contribution < 1.29 is 13.2 Å². The summed E-state index contributed by atoms with van der Waals surface area (Å²) in [6.45, 7) is 4.77. The average Bonchev–Trinajstić information content (AvgIpc) is 2.62. The van der Waals surface area contributed by atoms with Crippen LogP contribution < -0.4 is 0 Å². The molecule has 1 aliphatic rings. The molecule has 26 heavy (non-hydrogen) atoms. The summed E-state index contributed by atoms with van der Waals surface area (Å²) in [7, 11) is -3.43. The molecule has 5 heteroatoms. The van der Waals surface area contributed by atoms with E-state index in [9.17, 15) is 13.2 Å². The number of carbonyl (C=O) groups excluding carboxylic acids is 1. The van der Waals surface area contributed by atoms with Gasteiger partial charge in [0.2, 0.25) is 0 Å². The van der Waals surface area contributed by atoms with Crippen LogP contribution in [0.2, 0.25) is 0 Å². The Bertz CT molecular complexity index is 888. The van der Waals surface area contributed by atoms with Gasteiger partial charge in [0, 0.05) is 18.2 Å². The number of rotatable bonds is 4. The smallest absolute Gasteiger partial charge is 0.254 e. The predicted octanol–water partition coefficient (Wildman–Crippen LogP) is 3.98. The summed E-state index contributed by atoms with van der Waals surface area (Å²) in [6, 6.07) is 14.1. The highest BCUT2D eigenvalue weighted by Gasteiger charge is 2.24. The van der Waals surface area contributed by atoms with Crippen molar-refractivity contribution in [3.05, 3.63) is 65.2 Å². The highest BCUT2D eigenvalue weighted by Crippen LogP contribution is 2.21. The van der Waals surface area contributed by atoms with Crippen LogP contribution in [0.15, 0.2) is 53.4 Å². The van der Waals surface area contributed by atoms with E-state index in [1.54, 1.807) is 48.5 Å². The Labute approximate surface area is 155 Å². The van der Waals surface area contributed by atoms with Gasteiger partial charge in [0.15, 0.2) is 9.84 Å². The largest absolute Gasteiger partial charge is 0.336 e. The molecular formula is C21H25NO3S. The highest BCUT2D eigenvalue weighted by molar-refractivity contribution is 7.90. The van der Waals surface area contributed by atoms with Crippen LogP contribution in [-0.4, -0.2) is 31.8 Å². The first-order valence-corrected chi connectivity index (χ1v) is 10.7. The van der Waals surface area contributed by atoms with E-state index in [2.05, 4.69) is 6.92 Å². The molecule has 2 aromatic rings. The second-order valence-corrected chi connectivity index (χ2v) is 9.11. The summed E-state index contributed by atoms with van der Waals surface area (Å²) < 4.78 is 25.3. The highest BCUT2D eigenvalue weighted by atomic mass is 32.2. The first-order chi connectivity index (χ1) is 12.4. The van der Waals surface area contributed by atoms with Crippen LogP contribution in [0, 0.1) is 6.92 Å². The second-order valence-electron chi connectivity index (χ2n) is 7.12. The number of hydrogen-bond donors (Lipinski definition) is 0. The zero-order valence-corrected chi connectivity index (χ0v) is 16.1. The van der Waals surface area contributed by atoms with Crippen molar-refractivity contribution in [3.63, 3.8) is 0 Å². The molecule has 1 saturated heterocycles. The maximum atomic E-state index is 12.8. The first kappa shape index (κ1) is 18.6. The Kier molecular flexibility index (Phi) is 5.47. The standard InChI is InChI=1S/C21H25NO3S/c1-16-9-11-20(12-10-16)26(24,25)15-18-7-5-8-19(14-18)21(23)22-13-4-3-6-17(22)2/h5,7-12,14,17H,3-4,6,13,15H2,1-2H3. The summed E-state index contributed by atoms with van der Waals surface area (Å²) in [5.41, 5.74) is 2.23. The molecule has 138 valence electrons. The quantitative estimate of drug-likeness (QED) is 0.817. The van der Waals surface area contributed by atoms with Crippen LogP contribution in [-0.2, 0) is 15.6 Å². The molecular weight excluding hydrogens is 346 g/mol. The number of carbonyl (C=O) groups is 1. The number of nitrogens with zero attached hydrogens (tertiary/aromatic N) is 1. The molecule has 0 saturated carbocycles. The fraction of sp³-hybridized carbons (Fsp3) is 0.381. The Morgan fingerprint density at radius 2 is 1.85 bits per heavy atom. The molecule has 0 spiro atoms. The first-order valence-electron chi connectivity index (χ1n) is 9.06. The minimum atomic E-state index is -3.43. The minimum Gasteiger partial charge on any atom is -0.336 e. The van der Waals surface area contributed by atoms with Crippen LogP contribution in [0.25, 0.3) is 0 Å². The number of benzene rings is 2. The molecule has 4 nitrogen and oxygen atoms in total. The second kappa shape index (κ2) is 7.62. The maximum Gasteiger partial charge on any atom is 0.254 e. The molecule has 3 rings (SSSR count). The summed E-state index contributed by atoms with van der Waals surface area (Å²) in [4.78, 5) is 15.0. The van der Waals surface area contributed by atoms with Gasteiger partial charge in [0.25, 0.3) is 5.91 Å². The molecule has 0 aliphatic carbocycles. The van der Waals surface area contributed by atoms with Crippen LogP contribution in [0.4, 0.5) is 0 Å². The Hall–Kier alpha value is -2.14. The molecule has 1 amide bonds. The molecule has 0 radical (unpaired) electrons. The van der Waals surface area contributed by atoms with Gasteiger partial charge in [-0.05, 0) is 62.9 Å². The van der Waals surface area contributed by atoms with Crippen molar-refractivity contribution in [2.45, 2.75) is 49.8 Å². The van der Waals surface area contributed by atoms with Gasteiger partial charge in [0.05, 0.1) is 10.6 Å². The van der Waals surface area contributed by atoms with Gasteiger partial charge >= 0.3 is 0 Å². The van der Waals surface area contributed by atoms with Crippen molar-refractivity contribution in [1.29, 1.82) is 0 Å². The Balaban J connectivity index is 1.81. The van der Waals surface area contributed by atoms with E-state index in [0.29, 0.717) is 16.0 Å². The van der Waals surface area contributed by atoms with Gasteiger partial charge in [0.1, 0.15) is 0 Å². The lowest BCUT2D eigenvalue weighted by Crippen LogP contribution is -2.42. The van der Waals surface area contributed by atoms with E-state index in [-0.39, 0.29) is 17.7 Å². The lowest BCUT2D eigenvalue weighted by molar-refractivity contribution is 0.0635. The summed E-state index contributed by atoms with van der Waals surface area (Å²) in [5.74, 6) is -0.112. The van der Waals surface area contributed by atoms with E-state index < -0.39 is 9.84 Å². The zero-order valence-electron chi connectivity index (χ0n) is 15.3. The predicted molar refractivity (Wildman–Crippen MR) is 103 cm³/mol. The molecule has 1 fully saturated rings. The van der Waals surface area contributed by atoms with E-state index >= 15 is 0 Å². The number of aryl methyl sites for hydroxylation is 1. The van der Waals surface area contributed by atoms with E-state index in [1.165, 1.54) is 0 Å². The molecule has 0 N–H and O–H groups in total. The lowest BCUT2D eigenvalue weighted by Gasteiger charge is -2.33. The van der Waals surface area contributed by atoms with Gasteiger partial charge in [-0.15, -0.1) is 0 Å². The molecule has 0 bridgehead atoms. The SMILES string of the molecule is Cc1ccc(S(=O)(=O)Cc2cccc(C(=O)N3CCCCC3C)c2)cc1. The van der Waals surface area contributed by atoms with E-state index in [4.69, 9.17) is 0 Å². The number of sulfone groups is 1. The van der Waals surface area contributed by atoms with E-state index in [0.717, 1.165) is 31.4 Å². The number of likely N-dealkylation sites (tertiary alicyclic amines) is 1. The van der Waals surface area contributed by atoms with Gasteiger partial charge in [-0.1, -0.05) is 29.8 Å². The van der Waals surface area contributed by atoms with Gasteiger partial charge < -0.3 is 4.90 Å². The Morgan fingerprint density at radius 3 is 2.54 bits per heavy atom. The van der Waals surface area contributed by atoms with Crippen LogP contribution in [0.1, 0.15) is 47.7 Å². The van der Waals surface area contributed by atoms with Crippen LogP contribution >= 0.6 is 0 Å². The van der Waals surface area contributed by atoms with Crippen molar-refractivity contribution in [1.82, 2.24) is 4.90 Å². The molecule has 1 atom stereocenters. The third-order valence-electron chi connectivity index (χ3n) is 4.97. The van der Waals surface area contributed by atoms with Crippen molar-refractivity contribution in [2.24, 2.45) is 0 Å². The van der Waals surface area contributed by atoms with Crippen molar-refractivity contribution >= 4 is 15.7 Å². The number of piperidine rings is 1. The fourth-order valence-electron chi connectivity index (χ4n) is 3.41. The monoisotopic (exact) mass is 371 g/mol. The number of amides is 1. The van der Waals surface area contributed by atoms with Crippen LogP contribution in [0.5, 0.6) is 0 Å². The third-order valence-corrected chi connectivity index (χ3v) is 6.68. The normalized spacial score (nSPS) is 17.9. The summed E-state index contributed by atoms with van der Waals surface area (Å²) >= 11 is 0. The Morgan fingerprint density at radius 1 is 1.12 bits per heavy atom. The van der Waals surface area contributed by atoms with Gasteiger partial charge in [-0.2, -0.15) is 0 Å². The summed E-state index contributed by atoms with van der Waals surface area (Å²) in [5, 5.41) is 0. The van der Waals surface area contributed by atoms with Gasteiger partial charge in [-0.25, -0.2) is 8.42 Å². The van der Waals surface area contributed by atoms with Crippen LogP contribution in [0.3, 0.4) is 0 Å². The molecule has 1 aliphatic heterocycles. The van der Waals surface area contributed by atoms with Crippen molar-refractivity contribution in [3.8, 4) is 0 Å².